The summed E-state index contributed by atoms with van der Waals surface area (Å²) in [4.78, 5) is 18.9. The fourth-order valence-electron chi connectivity index (χ4n) is 4.10. The molecule has 21 heavy (non-hydrogen) atoms. The molecule has 0 spiro atoms. The van der Waals surface area contributed by atoms with Crippen LogP contribution in [0.4, 0.5) is 5.82 Å². The number of hydrogen-bond donors (Lipinski definition) is 2. The number of carbonyl (C=O) groups excluding carboxylic acids is 1. The third-order valence-electron chi connectivity index (χ3n) is 5.19. The van der Waals surface area contributed by atoms with Gasteiger partial charge in [0.1, 0.15) is 5.82 Å². The number of carbonyl (C=O) groups is 1. The lowest BCUT2D eigenvalue weighted by Gasteiger charge is -2.24. The van der Waals surface area contributed by atoms with E-state index in [-0.39, 0.29) is 5.91 Å². The largest absolute Gasteiger partial charge is 0.365 e. The van der Waals surface area contributed by atoms with Gasteiger partial charge in [0.2, 0.25) is 0 Å². The number of aromatic nitrogens is 1. The Labute approximate surface area is 124 Å². The van der Waals surface area contributed by atoms with E-state index in [1.165, 1.54) is 18.4 Å². The summed E-state index contributed by atoms with van der Waals surface area (Å²) in [5.74, 6) is 1.14. The average molecular weight is 286 g/mol. The van der Waals surface area contributed by atoms with Crippen molar-refractivity contribution in [1.82, 2.24) is 10.3 Å². The van der Waals surface area contributed by atoms with Gasteiger partial charge in [0, 0.05) is 24.8 Å². The molecule has 5 heteroatoms. The van der Waals surface area contributed by atoms with Gasteiger partial charge in [-0.1, -0.05) is 0 Å². The number of nitrogens with zero attached hydrogens (tertiary/aromatic N) is 2. The Morgan fingerprint density at radius 1 is 1.33 bits per heavy atom. The zero-order valence-corrected chi connectivity index (χ0v) is 12.3. The van der Waals surface area contributed by atoms with E-state index in [2.05, 4.69) is 10.2 Å². The molecule has 1 aliphatic carbocycles. The van der Waals surface area contributed by atoms with Crippen molar-refractivity contribution >= 4 is 11.7 Å². The monoisotopic (exact) mass is 286 g/mol. The zero-order chi connectivity index (χ0) is 14.4. The fourth-order valence-corrected chi connectivity index (χ4v) is 4.10. The molecule has 2 aliphatic heterocycles. The van der Waals surface area contributed by atoms with E-state index in [4.69, 9.17) is 10.7 Å². The van der Waals surface area contributed by atoms with E-state index in [1.54, 1.807) is 0 Å². The molecule has 3 heterocycles. The summed E-state index contributed by atoms with van der Waals surface area (Å²) >= 11 is 0. The maximum Gasteiger partial charge on any atom is 0.252 e. The summed E-state index contributed by atoms with van der Waals surface area (Å²) in [7, 11) is 0. The van der Waals surface area contributed by atoms with Gasteiger partial charge in [0.25, 0.3) is 5.91 Å². The third kappa shape index (κ3) is 2.20. The maximum absolute atomic E-state index is 11.8. The molecule has 5 nitrogen and oxygen atoms in total. The molecule has 4 rings (SSSR count). The fraction of sp³-hybridized carbons (Fsp3) is 0.625. The molecule has 0 radical (unpaired) electrons. The average Bonchev–Trinajstić information content (AvgIpc) is 3.11. The number of nitrogens with two attached hydrogens (primary N) is 1. The highest BCUT2D eigenvalue weighted by atomic mass is 16.1. The van der Waals surface area contributed by atoms with Crippen molar-refractivity contribution in [2.24, 2.45) is 11.7 Å². The molecule has 0 unspecified atom stereocenters. The number of nitrogens with one attached hydrogen (secondary N) is 1. The Bertz CT molecular complexity index is 572. The van der Waals surface area contributed by atoms with Gasteiger partial charge in [0.15, 0.2) is 0 Å². The van der Waals surface area contributed by atoms with Crippen LogP contribution in [0, 0.1) is 5.92 Å². The van der Waals surface area contributed by atoms with Crippen molar-refractivity contribution in [3.8, 4) is 0 Å². The van der Waals surface area contributed by atoms with Crippen LogP contribution >= 0.6 is 0 Å². The highest BCUT2D eigenvalue weighted by molar-refractivity contribution is 5.98. The van der Waals surface area contributed by atoms with Gasteiger partial charge in [-0.2, -0.15) is 0 Å². The molecule has 3 aliphatic rings. The minimum Gasteiger partial charge on any atom is -0.365 e. The smallest absolute Gasteiger partial charge is 0.252 e. The van der Waals surface area contributed by atoms with Gasteiger partial charge in [-0.05, 0) is 56.2 Å². The van der Waals surface area contributed by atoms with Crippen molar-refractivity contribution in [3.63, 3.8) is 0 Å². The summed E-state index contributed by atoms with van der Waals surface area (Å²) in [5, 5.41) is 3.60. The SMILES string of the molecule is NC(=O)c1cc2c(nc1N1C[C@@H]3CCCN[C@@H]3C1)CCC2. The van der Waals surface area contributed by atoms with Gasteiger partial charge in [-0.3, -0.25) is 4.79 Å². The quantitative estimate of drug-likeness (QED) is 0.846. The Hall–Kier alpha value is -1.62. The second kappa shape index (κ2) is 4.98. The number of pyridine rings is 1. The van der Waals surface area contributed by atoms with Crippen molar-refractivity contribution < 1.29 is 4.79 Å². The lowest BCUT2D eigenvalue weighted by molar-refractivity contribution is 0.100. The Morgan fingerprint density at radius 3 is 3.05 bits per heavy atom. The topological polar surface area (TPSA) is 71.2 Å². The molecular weight excluding hydrogens is 264 g/mol. The summed E-state index contributed by atoms with van der Waals surface area (Å²) < 4.78 is 0. The van der Waals surface area contributed by atoms with Crippen LogP contribution in [0.5, 0.6) is 0 Å². The number of rotatable bonds is 2. The first-order valence-corrected chi connectivity index (χ1v) is 8.03. The van der Waals surface area contributed by atoms with Crippen LogP contribution in [0.25, 0.3) is 0 Å². The van der Waals surface area contributed by atoms with E-state index in [0.29, 0.717) is 17.5 Å². The Balaban J connectivity index is 1.69. The standard InChI is InChI=1S/C16H22N4O/c17-15(21)12-7-10-3-1-5-13(10)19-16(12)20-8-11-4-2-6-18-14(11)9-20/h7,11,14,18H,1-6,8-9H2,(H2,17,21)/t11-,14+/m0/s1. The van der Waals surface area contributed by atoms with Crippen LogP contribution in [-0.2, 0) is 12.8 Å². The molecule has 0 bridgehead atoms. The molecule has 2 saturated heterocycles. The molecule has 1 amide bonds. The van der Waals surface area contributed by atoms with Crippen molar-refractivity contribution in [3.05, 3.63) is 22.9 Å². The van der Waals surface area contributed by atoms with Crippen molar-refractivity contribution in [2.45, 2.75) is 38.1 Å². The minimum atomic E-state index is -0.352. The normalized spacial score (nSPS) is 27.5. The van der Waals surface area contributed by atoms with E-state index in [0.717, 1.165) is 50.4 Å². The lowest BCUT2D eigenvalue weighted by atomic mass is 9.94. The number of hydrogen-bond acceptors (Lipinski definition) is 4. The predicted molar refractivity (Wildman–Crippen MR) is 81.5 cm³/mol. The van der Waals surface area contributed by atoms with Crippen LogP contribution in [0.3, 0.4) is 0 Å². The molecule has 3 N–H and O–H groups in total. The van der Waals surface area contributed by atoms with Gasteiger partial charge in [-0.25, -0.2) is 4.98 Å². The number of fused-ring (bicyclic) bond motifs is 2. The summed E-state index contributed by atoms with van der Waals surface area (Å²) in [5.41, 5.74) is 8.58. The molecule has 0 saturated carbocycles. The summed E-state index contributed by atoms with van der Waals surface area (Å²) in [6, 6.07) is 2.53. The summed E-state index contributed by atoms with van der Waals surface area (Å²) in [6.45, 7) is 3.04. The Kier molecular flexibility index (Phi) is 3.10. The lowest BCUT2D eigenvalue weighted by Crippen LogP contribution is -2.40. The second-order valence-corrected chi connectivity index (χ2v) is 6.55. The number of piperidine rings is 1. The molecule has 1 aromatic heterocycles. The van der Waals surface area contributed by atoms with Gasteiger partial charge in [-0.15, -0.1) is 0 Å². The molecule has 0 aromatic carbocycles. The maximum atomic E-state index is 11.8. The van der Waals surface area contributed by atoms with Crippen LogP contribution in [0.2, 0.25) is 0 Å². The zero-order valence-electron chi connectivity index (χ0n) is 12.3. The van der Waals surface area contributed by atoms with E-state index < -0.39 is 0 Å². The second-order valence-electron chi connectivity index (χ2n) is 6.55. The number of anilines is 1. The first-order valence-electron chi connectivity index (χ1n) is 8.03. The van der Waals surface area contributed by atoms with Crippen LogP contribution < -0.4 is 16.0 Å². The minimum absolute atomic E-state index is 0.352. The number of aryl methyl sites for hydroxylation is 2. The molecule has 2 fully saturated rings. The van der Waals surface area contributed by atoms with Gasteiger partial charge < -0.3 is 16.0 Å². The highest BCUT2D eigenvalue weighted by Gasteiger charge is 2.36. The molecule has 2 atom stereocenters. The Morgan fingerprint density at radius 2 is 2.24 bits per heavy atom. The summed E-state index contributed by atoms with van der Waals surface area (Å²) in [6.07, 6.45) is 5.70. The number of primary amides is 1. The van der Waals surface area contributed by atoms with Gasteiger partial charge in [0.05, 0.1) is 5.56 Å². The first-order chi connectivity index (χ1) is 10.2. The first kappa shape index (κ1) is 13.1. The highest BCUT2D eigenvalue weighted by Crippen LogP contribution is 2.32. The van der Waals surface area contributed by atoms with Crippen LogP contribution in [0.15, 0.2) is 6.07 Å². The number of amides is 1. The third-order valence-corrected chi connectivity index (χ3v) is 5.19. The molecular formula is C16H22N4O. The molecule has 112 valence electrons. The van der Waals surface area contributed by atoms with Gasteiger partial charge >= 0.3 is 0 Å². The van der Waals surface area contributed by atoms with E-state index in [9.17, 15) is 4.79 Å². The van der Waals surface area contributed by atoms with E-state index in [1.807, 2.05) is 6.07 Å². The van der Waals surface area contributed by atoms with Crippen molar-refractivity contribution in [2.75, 3.05) is 24.5 Å². The van der Waals surface area contributed by atoms with Crippen LogP contribution in [0.1, 0.15) is 40.9 Å². The molecule has 1 aromatic rings. The predicted octanol–water partition coefficient (Wildman–Crippen LogP) is 0.857. The van der Waals surface area contributed by atoms with Crippen molar-refractivity contribution in [1.29, 1.82) is 0 Å². The van der Waals surface area contributed by atoms with Crippen LogP contribution in [-0.4, -0.2) is 36.6 Å². The van der Waals surface area contributed by atoms with E-state index >= 15 is 0 Å².